The summed E-state index contributed by atoms with van der Waals surface area (Å²) in [7, 11) is -3.89. The molecule has 1 fully saturated rings. The second-order valence-electron chi connectivity index (χ2n) is 7.54. The molecule has 3 heterocycles. The Kier molecular flexibility index (Phi) is 6.21. The van der Waals surface area contributed by atoms with Gasteiger partial charge in [0.05, 0.1) is 10.5 Å². The molecular weight excluding hydrogens is 457 g/mol. The molecule has 1 aromatic carbocycles. The van der Waals surface area contributed by atoms with E-state index in [1.165, 1.54) is 4.31 Å². The molecule has 2 aromatic heterocycles. The van der Waals surface area contributed by atoms with Crippen molar-refractivity contribution < 1.29 is 21.6 Å². The number of nitrogens with zero attached hydrogens (tertiary/aromatic N) is 5. The van der Waals surface area contributed by atoms with Gasteiger partial charge in [-0.3, -0.25) is 0 Å². The van der Waals surface area contributed by atoms with Gasteiger partial charge in [-0.25, -0.2) is 13.4 Å². The minimum Gasteiger partial charge on any atom is -0.352 e. The number of halogens is 3. The van der Waals surface area contributed by atoms with E-state index in [0.29, 0.717) is 30.5 Å². The maximum atomic E-state index is 12.8. The van der Waals surface area contributed by atoms with Crippen LogP contribution in [0.3, 0.4) is 0 Å². The SMILES string of the molecule is Cc1ccc(Nc2ccc(N3CCN(S(=O)(=O)c4ccc(C(F)(F)F)cc4)CC3)nn2)nc1. The highest BCUT2D eigenvalue weighted by Crippen LogP contribution is 2.30. The molecule has 0 bridgehead atoms. The summed E-state index contributed by atoms with van der Waals surface area (Å²) in [5.74, 6) is 1.77. The number of hydrogen-bond acceptors (Lipinski definition) is 7. The standard InChI is InChI=1S/C21H21F3N6O2S/c1-15-2-7-18(25-14-15)26-19-8-9-20(28-27-19)29-10-12-30(13-11-29)33(31,32)17-5-3-16(4-6-17)21(22,23)24/h2-9,14H,10-13H2,1H3,(H,25,26,27). The van der Waals surface area contributed by atoms with Crippen LogP contribution in [0.4, 0.5) is 30.6 Å². The van der Waals surface area contributed by atoms with Crippen LogP contribution in [-0.4, -0.2) is 54.1 Å². The molecule has 0 unspecified atom stereocenters. The van der Waals surface area contributed by atoms with Crippen molar-refractivity contribution in [1.82, 2.24) is 19.5 Å². The normalized spacial score (nSPS) is 15.5. The molecule has 33 heavy (non-hydrogen) atoms. The Bertz CT molecular complexity index is 1190. The Morgan fingerprint density at radius 2 is 1.55 bits per heavy atom. The van der Waals surface area contributed by atoms with Gasteiger partial charge in [-0.15, -0.1) is 10.2 Å². The Balaban J connectivity index is 1.37. The van der Waals surface area contributed by atoms with Crippen molar-refractivity contribution in [3.8, 4) is 0 Å². The van der Waals surface area contributed by atoms with Crippen molar-refractivity contribution in [2.75, 3.05) is 36.4 Å². The molecule has 0 amide bonds. The third-order valence-electron chi connectivity index (χ3n) is 5.20. The molecule has 0 radical (unpaired) electrons. The van der Waals surface area contributed by atoms with E-state index in [2.05, 4.69) is 20.5 Å². The lowest BCUT2D eigenvalue weighted by Gasteiger charge is -2.34. The van der Waals surface area contributed by atoms with Gasteiger partial charge in [0.2, 0.25) is 10.0 Å². The van der Waals surface area contributed by atoms with Crippen LogP contribution in [0.5, 0.6) is 0 Å². The molecule has 1 aliphatic rings. The van der Waals surface area contributed by atoms with Gasteiger partial charge in [-0.2, -0.15) is 17.5 Å². The molecule has 1 saturated heterocycles. The zero-order chi connectivity index (χ0) is 23.6. The van der Waals surface area contributed by atoms with E-state index in [-0.39, 0.29) is 18.0 Å². The third-order valence-corrected chi connectivity index (χ3v) is 7.11. The van der Waals surface area contributed by atoms with E-state index in [9.17, 15) is 21.6 Å². The molecule has 4 rings (SSSR count). The monoisotopic (exact) mass is 478 g/mol. The first kappa shape index (κ1) is 22.9. The van der Waals surface area contributed by atoms with Crippen molar-refractivity contribution in [2.45, 2.75) is 18.0 Å². The van der Waals surface area contributed by atoms with Gasteiger partial charge >= 0.3 is 6.18 Å². The summed E-state index contributed by atoms with van der Waals surface area (Å²) >= 11 is 0. The number of piperazine rings is 1. The van der Waals surface area contributed by atoms with E-state index in [1.807, 2.05) is 24.0 Å². The average Bonchev–Trinajstić information content (AvgIpc) is 2.81. The molecule has 3 aromatic rings. The van der Waals surface area contributed by atoms with Gasteiger partial charge in [0, 0.05) is 32.4 Å². The summed E-state index contributed by atoms with van der Waals surface area (Å²) in [6, 6.07) is 10.8. The first-order valence-electron chi connectivity index (χ1n) is 10.1. The molecular formula is C21H21F3N6O2S. The number of aromatic nitrogens is 3. The van der Waals surface area contributed by atoms with Gasteiger partial charge in [0.25, 0.3) is 0 Å². The van der Waals surface area contributed by atoms with Crippen molar-refractivity contribution in [2.24, 2.45) is 0 Å². The number of aryl methyl sites for hydroxylation is 1. The van der Waals surface area contributed by atoms with E-state index < -0.39 is 21.8 Å². The Labute approximate surface area is 189 Å². The Morgan fingerprint density at radius 3 is 2.09 bits per heavy atom. The predicted octanol–water partition coefficient (Wildman–Crippen LogP) is 3.45. The molecule has 1 N–H and O–H groups in total. The Morgan fingerprint density at radius 1 is 0.879 bits per heavy atom. The quantitative estimate of drug-likeness (QED) is 0.601. The molecule has 0 spiro atoms. The number of benzene rings is 1. The van der Waals surface area contributed by atoms with Crippen molar-refractivity contribution in [3.05, 3.63) is 65.9 Å². The number of sulfonamides is 1. The zero-order valence-corrected chi connectivity index (χ0v) is 18.4. The van der Waals surface area contributed by atoms with Crippen LogP contribution in [0, 0.1) is 6.92 Å². The molecule has 0 aliphatic carbocycles. The van der Waals surface area contributed by atoms with Crippen molar-refractivity contribution in [1.29, 1.82) is 0 Å². The summed E-state index contributed by atoms with van der Waals surface area (Å²) in [5, 5.41) is 11.4. The number of hydrogen-bond donors (Lipinski definition) is 1. The van der Waals surface area contributed by atoms with Gasteiger partial charge < -0.3 is 10.2 Å². The van der Waals surface area contributed by atoms with Crippen LogP contribution in [0.15, 0.2) is 59.6 Å². The highest BCUT2D eigenvalue weighted by molar-refractivity contribution is 7.89. The van der Waals surface area contributed by atoms with Crippen molar-refractivity contribution >= 4 is 27.5 Å². The van der Waals surface area contributed by atoms with E-state index in [4.69, 9.17) is 0 Å². The fourth-order valence-electron chi connectivity index (χ4n) is 3.36. The van der Waals surface area contributed by atoms with Crippen LogP contribution >= 0.6 is 0 Å². The highest BCUT2D eigenvalue weighted by Gasteiger charge is 2.32. The number of alkyl halides is 3. The van der Waals surface area contributed by atoms with E-state index >= 15 is 0 Å². The molecule has 8 nitrogen and oxygen atoms in total. The molecule has 0 atom stereocenters. The van der Waals surface area contributed by atoms with Gasteiger partial charge in [0.1, 0.15) is 5.82 Å². The largest absolute Gasteiger partial charge is 0.416 e. The average molecular weight is 479 g/mol. The lowest BCUT2D eigenvalue weighted by atomic mass is 10.2. The van der Waals surface area contributed by atoms with E-state index in [1.54, 1.807) is 18.3 Å². The van der Waals surface area contributed by atoms with E-state index in [0.717, 1.165) is 29.8 Å². The summed E-state index contributed by atoms with van der Waals surface area (Å²) in [6.45, 7) is 3.05. The Hall–Kier alpha value is -3.25. The highest BCUT2D eigenvalue weighted by atomic mass is 32.2. The predicted molar refractivity (Wildman–Crippen MR) is 117 cm³/mol. The first-order chi connectivity index (χ1) is 15.6. The summed E-state index contributed by atoms with van der Waals surface area (Å²) in [4.78, 5) is 5.99. The lowest BCUT2D eigenvalue weighted by Crippen LogP contribution is -2.49. The number of anilines is 3. The zero-order valence-electron chi connectivity index (χ0n) is 17.6. The maximum Gasteiger partial charge on any atom is 0.416 e. The fraction of sp³-hybridized carbons (Fsp3) is 0.286. The minimum absolute atomic E-state index is 0.163. The van der Waals surface area contributed by atoms with Crippen LogP contribution in [0.25, 0.3) is 0 Å². The smallest absolute Gasteiger partial charge is 0.352 e. The number of rotatable bonds is 5. The molecule has 12 heteroatoms. The molecule has 174 valence electrons. The van der Waals surface area contributed by atoms with Gasteiger partial charge in [-0.1, -0.05) is 6.07 Å². The van der Waals surface area contributed by atoms with Crippen LogP contribution < -0.4 is 10.2 Å². The third kappa shape index (κ3) is 5.22. The van der Waals surface area contributed by atoms with Crippen molar-refractivity contribution in [3.63, 3.8) is 0 Å². The topological polar surface area (TPSA) is 91.3 Å². The van der Waals surface area contributed by atoms with Gasteiger partial charge in [-0.05, 0) is 55.0 Å². The summed E-state index contributed by atoms with van der Waals surface area (Å²) in [5.41, 5.74) is 0.155. The fourth-order valence-corrected chi connectivity index (χ4v) is 4.78. The van der Waals surface area contributed by atoms with Crippen LogP contribution in [-0.2, 0) is 16.2 Å². The first-order valence-corrected chi connectivity index (χ1v) is 11.5. The molecule has 1 aliphatic heterocycles. The number of pyridine rings is 1. The molecule has 0 saturated carbocycles. The summed E-state index contributed by atoms with van der Waals surface area (Å²) in [6.07, 6.45) is -2.78. The minimum atomic E-state index is -4.52. The van der Waals surface area contributed by atoms with Crippen LogP contribution in [0.1, 0.15) is 11.1 Å². The second kappa shape index (κ2) is 8.94. The summed E-state index contributed by atoms with van der Waals surface area (Å²) < 4.78 is 65.1. The second-order valence-corrected chi connectivity index (χ2v) is 9.47. The number of nitrogens with one attached hydrogen (secondary N) is 1. The maximum absolute atomic E-state index is 12.8. The lowest BCUT2D eigenvalue weighted by molar-refractivity contribution is -0.137. The van der Waals surface area contributed by atoms with Gasteiger partial charge in [0.15, 0.2) is 11.6 Å². The van der Waals surface area contributed by atoms with Crippen LogP contribution in [0.2, 0.25) is 0 Å².